The summed E-state index contributed by atoms with van der Waals surface area (Å²) in [5, 5.41) is 0. The van der Waals surface area contributed by atoms with Crippen LogP contribution >= 0.6 is 0 Å². The van der Waals surface area contributed by atoms with Gasteiger partial charge in [-0.25, -0.2) is 0 Å². The van der Waals surface area contributed by atoms with Crippen LogP contribution in [0.5, 0.6) is 0 Å². The van der Waals surface area contributed by atoms with Gasteiger partial charge in [-0.05, 0) is 18.8 Å². The Morgan fingerprint density at radius 3 is 2.20 bits per heavy atom. The van der Waals surface area contributed by atoms with E-state index in [0.29, 0.717) is 6.42 Å². The summed E-state index contributed by atoms with van der Waals surface area (Å²) in [7, 11) is 0. The van der Waals surface area contributed by atoms with Gasteiger partial charge in [0, 0.05) is 25.6 Å². The number of nitrogens with two attached hydrogens (primary N) is 1. The van der Waals surface area contributed by atoms with Gasteiger partial charge >= 0.3 is 0 Å². The molecule has 0 aliphatic carbocycles. The highest BCUT2D eigenvalue weighted by molar-refractivity contribution is 5.76. The number of carbonyl (C=O) groups excluding carboxylic acids is 1. The first-order valence-electron chi connectivity index (χ1n) is 5.86. The van der Waals surface area contributed by atoms with E-state index >= 15 is 0 Å². The van der Waals surface area contributed by atoms with Crippen molar-refractivity contribution in [2.24, 2.45) is 11.1 Å². The Bertz CT molecular complexity index is 196. The smallest absolute Gasteiger partial charge is 0.224 e. The van der Waals surface area contributed by atoms with E-state index in [0.717, 1.165) is 19.5 Å². The minimum atomic E-state index is -0.0593. The standard InChI is InChI=1S/C12H26N2O/c1-6-8-14(7-2)11(15)9-10(13)12(3,4)5/h10H,6-9,13H2,1-5H3. The van der Waals surface area contributed by atoms with E-state index in [2.05, 4.69) is 27.7 Å². The SMILES string of the molecule is CCCN(CC)C(=O)CC(N)C(C)(C)C. The molecule has 0 aromatic rings. The molecule has 15 heavy (non-hydrogen) atoms. The quantitative estimate of drug-likeness (QED) is 0.761. The third kappa shape index (κ3) is 5.17. The van der Waals surface area contributed by atoms with Gasteiger partial charge in [0.15, 0.2) is 0 Å². The first-order chi connectivity index (χ1) is 6.82. The van der Waals surface area contributed by atoms with E-state index < -0.39 is 0 Å². The number of hydrogen-bond acceptors (Lipinski definition) is 2. The van der Waals surface area contributed by atoms with Crippen molar-refractivity contribution in [1.82, 2.24) is 4.90 Å². The van der Waals surface area contributed by atoms with Crippen molar-refractivity contribution in [3.8, 4) is 0 Å². The zero-order chi connectivity index (χ0) is 12.1. The second kappa shape index (κ2) is 6.11. The van der Waals surface area contributed by atoms with E-state index in [9.17, 15) is 4.79 Å². The molecule has 0 spiro atoms. The molecule has 0 aliphatic rings. The van der Waals surface area contributed by atoms with Crippen molar-refractivity contribution in [3.63, 3.8) is 0 Å². The molecule has 1 unspecified atom stereocenters. The topological polar surface area (TPSA) is 46.3 Å². The normalized spacial score (nSPS) is 13.7. The Morgan fingerprint density at radius 2 is 1.87 bits per heavy atom. The lowest BCUT2D eigenvalue weighted by atomic mass is 9.85. The van der Waals surface area contributed by atoms with Crippen LogP contribution in [-0.4, -0.2) is 29.9 Å². The van der Waals surface area contributed by atoms with Gasteiger partial charge < -0.3 is 10.6 Å². The van der Waals surface area contributed by atoms with E-state index in [4.69, 9.17) is 5.73 Å². The maximum absolute atomic E-state index is 11.9. The fraction of sp³-hybridized carbons (Fsp3) is 0.917. The molecule has 1 atom stereocenters. The van der Waals surface area contributed by atoms with E-state index in [1.807, 2.05) is 11.8 Å². The Balaban J connectivity index is 4.22. The van der Waals surface area contributed by atoms with E-state index in [1.54, 1.807) is 0 Å². The lowest BCUT2D eigenvalue weighted by molar-refractivity contribution is -0.132. The maximum atomic E-state index is 11.9. The Labute approximate surface area is 94.0 Å². The van der Waals surface area contributed by atoms with Gasteiger partial charge in [-0.1, -0.05) is 27.7 Å². The summed E-state index contributed by atoms with van der Waals surface area (Å²) in [6, 6.07) is -0.0593. The van der Waals surface area contributed by atoms with Crippen molar-refractivity contribution in [1.29, 1.82) is 0 Å². The Hall–Kier alpha value is -0.570. The molecule has 0 radical (unpaired) electrons. The second-order valence-corrected chi connectivity index (χ2v) is 5.15. The highest BCUT2D eigenvalue weighted by Gasteiger charge is 2.24. The summed E-state index contributed by atoms with van der Waals surface area (Å²) >= 11 is 0. The minimum absolute atomic E-state index is 0.00128. The number of nitrogens with zero attached hydrogens (tertiary/aromatic N) is 1. The lowest BCUT2D eigenvalue weighted by Gasteiger charge is -2.29. The summed E-state index contributed by atoms with van der Waals surface area (Å²) in [6.07, 6.45) is 1.46. The maximum Gasteiger partial charge on any atom is 0.224 e. The fourth-order valence-electron chi connectivity index (χ4n) is 1.35. The largest absolute Gasteiger partial charge is 0.343 e. The monoisotopic (exact) mass is 214 g/mol. The average molecular weight is 214 g/mol. The molecule has 1 amide bonds. The van der Waals surface area contributed by atoms with Crippen LogP contribution in [0.15, 0.2) is 0 Å². The molecule has 0 aromatic heterocycles. The Kier molecular flexibility index (Phi) is 5.88. The summed E-state index contributed by atoms with van der Waals surface area (Å²) < 4.78 is 0. The molecule has 0 saturated heterocycles. The van der Waals surface area contributed by atoms with Crippen molar-refractivity contribution in [2.45, 2.75) is 53.5 Å². The van der Waals surface area contributed by atoms with Gasteiger partial charge in [-0.15, -0.1) is 0 Å². The molecule has 3 nitrogen and oxygen atoms in total. The molecule has 0 rings (SSSR count). The highest BCUT2D eigenvalue weighted by atomic mass is 16.2. The second-order valence-electron chi connectivity index (χ2n) is 5.15. The van der Waals surface area contributed by atoms with Gasteiger partial charge in [-0.2, -0.15) is 0 Å². The molecular weight excluding hydrogens is 188 g/mol. The van der Waals surface area contributed by atoms with Crippen LogP contribution in [0.25, 0.3) is 0 Å². The summed E-state index contributed by atoms with van der Waals surface area (Å²) in [6.45, 7) is 11.9. The van der Waals surface area contributed by atoms with Crippen LogP contribution in [0.4, 0.5) is 0 Å². The van der Waals surface area contributed by atoms with Gasteiger partial charge in [0.2, 0.25) is 5.91 Å². The molecule has 0 aliphatic heterocycles. The Morgan fingerprint density at radius 1 is 1.33 bits per heavy atom. The molecule has 0 fully saturated rings. The van der Waals surface area contributed by atoms with Crippen LogP contribution in [0.1, 0.15) is 47.5 Å². The third-order valence-corrected chi connectivity index (χ3v) is 2.73. The molecule has 0 bridgehead atoms. The van der Waals surface area contributed by atoms with E-state index in [1.165, 1.54) is 0 Å². The third-order valence-electron chi connectivity index (χ3n) is 2.73. The number of carbonyl (C=O) groups is 1. The molecule has 0 heterocycles. The summed E-state index contributed by atoms with van der Waals surface area (Å²) in [4.78, 5) is 13.7. The van der Waals surface area contributed by atoms with Crippen LogP contribution in [0.2, 0.25) is 0 Å². The average Bonchev–Trinajstić information content (AvgIpc) is 2.12. The number of rotatable bonds is 5. The molecule has 3 heteroatoms. The molecule has 2 N–H and O–H groups in total. The van der Waals surface area contributed by atoms with Gasteiger partial charge in [0.1, 0.15) is 0 Å². The first-order valence-corrected chi connectivity index (χ1v) is 5.86. The zero-order valence-electron chi connectivity index (χ0n) is 10.8. The zero-order valence-corrected chi connectivity index (χ0v) is 10.8. The van der Waals surface area contributed by atoms with Gasteiger partial charge in [0.25, 0.3) is 0 Å². The van der Waals surface area contributed by atoms with Crippen LogP contribution < -0.4 is 5.73 Å². The van der Waals surface area contributed by atoms with Crippen LogP contribution in [-0.2, 0) is 4.79 Å². The fourth-order valence-corrected chi connectivity index (χ4v) is 1.35. The van der Waals surface area contributed by atoms with Crippen molar-refractivity contribution < 1.29 is 4.79 Å². The summed E-state index contributed by atoms with van der Waals surface area (Å²) in [5.74, 6) is 0.182. The van der Waals surface area contributed by atoms with Crippen molar-refractivity contribution >= 4 is 5.91 Å². The van der Waals surface area contributed by atoms with Gasteiger partial charge in [-0.3, -0.25) is 4.79 Å². The molecule has 90 valence electrons. The first kappa shape index (κ1) is 14.4. The molecule has 0 saturated carbocycles. The van der Waals surface area contributed by atoms with Crippen molar-refractivity contribution in [2.75, 3.05) is 13.1 Å². The molecule has 0 aromatic carbocycles. The van der Waals surface area contributed by atoms with Crippen molar-refractivity contribution in [3.05, 3.63) is 0 Å². The predicted molar refractivity (Wildman–Crippen MR) is 64.6 cm³/mol. The highest BCUT2D eigenvalue weighted by Crippen LogP contribution is 2.20. The van der Waals surface area contributed by atoms with E-state index in [-0.39, 0.29) is 17.4 Å². The molecular formula is C12H26N2O. The lowest BCUT2D eigenvalue weighted by Crippen LogP contribution is -2.42. The number of amides is 1. The van der Waals surface area contributed by atoms with Crippen LogP contribution in [0.3, 0.4) is 0 Å². The predicted octanol–water partition coefficient (Wildman–Crippen LogP) is 2.01. The summed E-state index contributed by atoms with van der Waals surface area (Å²) in [5.41, 5.74) is 5.99. The minimum Gasteiger partial charge on any atom is -0.343 e. The number of hydrogen-bond donors (Lipinski definition) is 1. The van der Waals surface area contributed by atoms with Gasteiger partial charge in [0.05, 0.1) is 0 Å². The van der Waals surface area contributed by atoms with Crippen LogP contribution in [0, 0.1) is 5.41 Å².